The van der Waals surface area contributed by atoms with E-state index in [4.69, 9.17) is 0 Å². The zero-order valence-electron chi connectivity index (χ0n) is 12.7. The van der Waals surface area contributed by atoms with E-state index in [1.165, 1.54) is 10.9 Å². The molecule has 3 heterocycles. The average molecular weight is 306 g/mol. The zero-order chi connectivity index (χ0) is 16.0. The summed E-state index contributed by atoms with van der Waals surface area (Å²) in [5.41, 5.74) is 2.85. The Morgan fingerprint density at radius 3 is 2.57 bits per heavy atom. The molecule has 7 heteroatoms. The summed E-state index contributed by atoms with van der Waals surface area (Å²) >= 11 is 0. The van der Waals surface area contributed by atoms with Gasteiger partial charge in [-0.2, -0.15) is 9.61 Å². The first-order chi connectivity index (χ1) is 11.2. The van der Waals surface area contributed by atoms with Crippen molar-refractivity contribution in [3.05, 3.63) is 53.2 Å². The van der Waals surface area contributed by atoms with Gasteiger partial charge in [-0.25, -0.2) is 4.98 Å². The molecule has 0 amide bonds. The van der Waals surface area contributed by atoms with Crippen molar-refractivity contribution in [2.75, 3.05) is 0 Å². The third-order valence-electron chi connectivity index (χ3n) is 3.78. The van der Waals surface area contributed by atoms with E-state index in [1.54, 1.807) is 10.7 Å². The molecular weight excluding hydrogens is 292 g/mol. The van der Waals surface area contributed by atoms with Crippen LogP contribution in [0.4, 0.5) is 0 Å². The summed E-state index contributed by atoms with van der Waals surface area (Å²) in [4.78, 5) is 16.8. The van der Waals surface area contributed by atoms with Gasteiger partial charge in [0.1, 0.15) is 6.33 Å². The summed E-state index contributed by atoms with van der Waals surface area (Å²) in [6.07, 6.45) is 3.24. The number of fused-ring (bicyclic) bond motifs is 3. The summed E-state index contributed by atoms with van der Waals surface area (Å²) < 4.78 is 3.10. The van der Waals surface area contributed by atoms with Gasteiger partial charge < -0.3 is 0 Å². The molecule has 0 radical (unpaired) electrons. The standard InChI is InChI=1S/C16H14N6O/c1-10(2)21-9-17-15-13(16(21)23)19-20-14-12(8-18-22(14)15)11-6-4-3-5-7-11/h3-10H,1-2H3. The molecule has 0 aliphatic rings. The minimum absolute atomic E-state index is 0.00870. The Morgan fingerprint density at radius 2 is 1.83 bits per heavy atom. The molecule has 4 rings (SSSR count). The Hall–Kier alpha value is -3.09. The number of hydrogen-bond acceptors (Lipinski definition) is 5. The maximum Gasteiger partial charge on any atom is 0.283 e. The molecule has 114 valence electrons. The molecule has 0 saturated heterocycles. The SMILES string of the molecule is CC(C)n1cnc2c(nnc3c(-c4ccccc4)cnn32)c1=O. The van der Waals surface area contributed by atoms with E-state index in [0.29, 0.717) is 11.3 Å². The predicted octanol–water partition coefficient (Wildman–Crippen LogP) is 2.08. The van der Waals surface area contributed by atoms with Crippen LogP contribution in [0.25, 0.3) is 27.9 Å². The molecule has 0 atom stereocenters. The van der Waals surface area contributed by atoms with Crippen LogP contribution in [0.15, 0.2) is 47.7 Å². The lowest BCUT2D eigenvalue weighted by atomic mass is 10.1. The van der Waals surface area contributed by atoms with Crippen molar-refractivity contribution in [3.8, 4) is 11.1 Å². The van der Waals surface area contributed by atoms with Gasteiger partial charge in [-0.15, -0.1) is 10.2 Å². The van der Waals surface area contributed by atoms with Crippen LogP contribution >= 0.6 is 0 Å². The van der Waals surface area contributed by atoms with Crippen molar-refractivity contribution in [3.63, 3.8) is 0 Å². The summed E-state index contributed by atoms with van der Waals surface area (Å²) in [7, 11) is 0. The summed E-state index contributed by atoms with van der Waals surface area (Å²) in [5, 5.41) is 12.7. The number of hydrogen-bond donors (Lipinski definition) is 0. The van der Waals surface area contributed by atoms with E-state index < -0.39 is 0 Å². The Morgan fingerprint density at radius 1 is 1.04 bits per heavy atom. The van der Waals surface area contributed by atoms with Crippen molar-refractivity contribution in [1.82, 2.24) is 29.4 Å². The van der Waals surface area contributed by atoms with Crippen LogP contribution in [-0.2, 0) is 0 Å². The molecule has 3 aromatic heterocycles. The summed E-state index contributed by atoms with van der Waals surface area (Å²) in [5.74, 6) is 0. The topological polar surface area (TPSA) is 78.0 Å². The molecular formula is C16H14N6O. The molecule has 4 aromatic rings. The van der Waals surface area contributed by atoms with Crippen molar-refractivity contribution in [2.45, 2.75) is 19.9 Å². The smallest absolute Gasteiger partial charge is 0.283 e. The molecule has 0 saturated carbocycles. The van der Waals surface area contributed by atoms with Gasteiger partial charge in [-0.1, -0.05) is 30.3 Å². The van der Waals surface area contributed by atoms with Gasteiger partial charge in [0.2, 0.25) is 0 Å². The molecule has 0 fully saturated rings. The average Bonchev–Trinajstić information content (AvgIpc) is 3.00. The fourth-order valence-electron chi connectivity index (χ4n) is 2.57. The lowest BCUT2D eigenvalue weighted by Crippen LogP contribution is -2.24. The zero-order valence-corrected chi connectivity index (χ0v) is 12.7. The minimum atomic E-state index is -0.212. The largest absolute Gasteiger partial charge is 0.295 e. The fraction of sp³-hybridized carbons (Fsp3) is 0.188. The van der Waals surface area contributed by atoms with E-state index in [9.17, 15) is 4.79 Å². The molecule has 0 N–H and O–H groups in total. The Labute approximate surface area is 131 Å². The monoisotopic (exact) mass is 306 g/mol. The molecule has 23 heavy (non-hydrogen) atoms. The van der Waals surface area contributed by atoms with E-state index in [0.717, 1.165) is 11.1 Å². The van der Waals surface area contributed by atoms with Gasteiger partial charge in [0.15, 0.2) is 16.8 Å². The molecule has 0 bridgehead atoms. The highest BCUT2D eigenvalue weighted by Crippen LogP contribution is 2.23. The minimum Gasteiger partial charge on any atom is -0.295 e. The van der Waals surface area contributed by atoms with Crippen molar-refractivity contribution in [1.29, 1.82) is 0 Å². The van der Waals surface area contributed by atoms with Gasteiger partial charge in [0.25, 0.3) is 5.56 Å². The molecule has 0 unspecified atom stereocenters. The number of aromatic nitrogens is 6. The number of rotatable bonds is 2. The number of nitrogens with zero attached hydrogens (tertiary/aromatic N) is 6. The maximum atomic E-state index is 12.5. The first-order valence-electron chi connectivity index (χ1n) is 7.33. The lowest BCUT2D eigenvalue weighted by Gasteiger charge is -2.09. The van der Waals surface area contributed by atoms with Crippen molar-refractivity contribution in [2.24, 2.45) is 0 Å². The van der Waals surface area contributed by atoms with Crippen LogP contribution < -0.4 is 5.56 Å². The van der Waals surface area contributed by atoms with Gasteiger partial charge >= 0.3 is 0 Å². The van der Waals surface area contributed by atoms with E-state index in [-0.39, 0.29) is 17.1 Å². The summed E-state index contributed by atoms with van der Waals surface area (Å²) in [6.45, 7) is 3.84. The fourth-order valence-corrected chi connectivity index (χ4v) is 2.57. The predicted molar refractivity (Wildman–Crippen MR) is 86.2 cm³/mol. The van der Waals surface area contributed by atoms with Crippen LogP contribution in [0.5, 0.6) is 0 Å². The molecule has 1 aromatic carbocycles. The third kappa shape index (κ3) is 2.01. The van der Waals surface area contributed by atoms with Crippen molar-refractivity contribution < 1.29 is 0 Å². The first-order valence-corrected chi connectivity index (χ1v) is 7.33. The van der Waals surface area contributed by atoms with Gasteiger partial charge in [0, 0.05) is 11.6 Å². The van der Waals surface area contributed by atoms with Crippen molar-refractivity contribution >= 4 is 16.8 Å². The van der Waals surface area contributed by atoms with E-state index in [1.807, 2.05) is 44.2 Å². The second-order valence-electron chi connectivity index (χ2n) is 5.58. The van der Waals surface area contributed by atoms with Gasteiger partial charge in [-0.3, -0.25) is 9.36 Å². The molecule has 0 aliphatic heterocycles. The summed E-state index contributed by atoms with van der Waals surface area (Å²) in [6, 6.07) is 9.82. The van der Waals surface area contributed by atoms with E-state index >= 15 is 0 Å². The first kappa shape index (κ1) is 13.6. The highest BCUT2D eigenvalue weighted by molar-refractivity contribution is 5.80. The van der Waals surface area contributed by atoms with Gasteiger partial charge in [-0.05, 0) is 19.4 Å². The van der Waals surface area contributed by atoms with Crippen LogP contribution in [0, 0.1) is 0 Å². The van der Waals surface area contributed by atoms with Crippen LogP contribution in [-0.4, -0.2) is 29.4 Å². The Kier molecular flexibility index (Phi) is 2.94. The second-order valence-corrected chi connectivity index (χ2v) is 5.58. The Balaban J connectivity index is 2.03. The highest BCUT2D eigenvalue weighted by Gasteiger charge is 2.15. The normalized spacial score (nSPS) is 11.6. The maximum absolute atomic E-state index is 12.5. The third-order valence-corrected chi connectivity index (χ3v) is 3.78. The Bertz CT molecular complexity index is 1060. The number of benzene rings is 1. The van der Waals surface area contributed by atoms with Gasteiger partial charge in [0.05, 0.1) is 6.20 Å². The quantitative estimate of drug-likeness (QED) is 0.566. The highest BCUT2D eigenvalue weighted by atomic mass is 16.1. The molecule has 0 spiro atoms. The molecule has 7 nitrogen and oxygen atoms in total. The lowest BCUT2D eigenvalue weighted by molar-refractivity contribution is 0.570. The van der Waals surface area contributed by atoms with E-state index in [2.05, 4.69) is 20.3 Å². The van der Waals surface area contributed by atoms with Crippen LogP contribution in [0.2, 0.25) is 0 Å². The second kappa shape index (κ2) is 4.98. The van der Waals surface area contributed by atoms with Crippen LogP contribution in [0.1, 0.15) is 19.9 Å². The molecule has 0 aliphatic carbocycles. The van der Waals surface area contributed by atoms with Crippen LogP contribution in [0.3, 0.4) is 0 Å².